The first-order valence-electron chi connectivity index (χ1n) is 7.13. The first-order valence-corrected chi connectivity index (χ1v) is 8.11. The molecule has 0 aromatic heterocycles. The zero-order valence-corrected chi connectivity index (χ0v) is 13.0. The van der Waals surface area contributed by atoms with E-state index >= 15 is 0 Å². The number of anilines is 1. The van der Waals surface area contributed by atoms with Crippen LogP contribution >= 0.6 is 11.8 Å². The van der Waals surface area contributed by atoms with Gasteiger partial charge in [0, 0.05) is 44.5 Å². The highest BCUT2D eigenvalue weighted by molar-refractivity contribution is 8.13. The van der Waals surface area contributed by atoms with Gasteiger partial charge in [-0.25, -0.2) is 0 Å². The fraction of sp³-hybridized carbons (Fsp3) is 0.533. The third-order valence-electron chi connectivity index (χ3n) is 3.54. The molecule has 0 aliphatic carbocycles. The van der Waals surface area contributed by atoms with Crippen LogP contribution in [0.5, 0.6) is 0 Å². The number of carbonyl (C=O) groups excluding carboxylic acids is 1. The molecule has 1 aromatic rings. The molecule has 1 aliphatic heterocycles. The number of nitrogens with zero attached hydrogens (tertiary/aromatic N) is 1. The van der Waals surface area contributed by atoms with Crippen molar-refractivity contribution in [3.63, 3.8) is 0 Å². The summed E-state index contributed by atoms with van der Waals surface area (Å²) in [7, 11) is 0. The number of nitrogens with one attached hydrogen (secondary N) is 1. The summed E-state index contributed by atoms with van der Waals surface area (Å²) in [5.41, 5.74) is 1.80. The Bertz CT molecular complexity index is 460. The van der Waals surface area contributed by atoms with Crippen LogP contribution < -0.4 is 10.2 Å². The molecule has 0 radical (unpaired) electrons. The predicted molar refractivity (Wildman–Crippen MR) is 85.6 cm³/mol. The lowest BCUT2D eigenvalue weighted by atomic mass is 10.0. The highest BCUT2D eigenvalue weighted by atomic mass is 32.2. The summed E-state index contributed by atoms with van der Waals surface area (Å²) in [6.45, 7) is 5.35. The maximum atomic E-state index is 10.9. The van der Waals surface area contributed by atoms with Crippen molar-refractivity contribution >= 4 is 22.6 Å². The first kappa shape index (κ1) is 16.3. The molecule has 1 heterocycles. The van der Waals surface area contributed by atoms with Crippen LogP contribution in [0.4, 0.5) is 5.69 Å². The van der Waals surface area contributed by atoms with Gasteiger partial charge in [-0.2, -0.15) is 0 Å². The number of aliphatic hydroxyl groups is 2. The maximum Gasteiger partial charge on any atom is 0.185 e. The van der Waals surface area contributed by atoms with Crippen molar-refractivity contribution < 1.29 is 15.0 Å². The molecule has 6 heteroatoms. The third kappa shape index (κ3) is 4.71. The topological polar surface area (TPSA) is 72.8 Å². The van der Waals surface area contributed by atoms with Crippen LogP contribution in [-0.2, 0) is 4.79 Å². The van der Waals surface area contributed by atoms with Gasteiger partial charge in [-0.05, 0) is 17.7 Å². The molecule has 1 aliphatic rings. The number of aliphatic hydroxyl groups excluding tert-OH is 2. The van der Waals surface area contributed by atoms with E-state index in [2.05, 4.69) is 10.2 Å². The smallest absolute Gasteiger partial charge is 0.185 e. The highest BCUT2D eigenvalue weighted by Gasteiger charge is 2.19. The van der Waals surface area contributed by atoms with Crippen LogP contribution in [0.25, 0.3) is 0 Å². The van der Waals surface area contributed by atoms with Gasteiger partial charge in [-0.15, -0.1) is 0 Å². The fourth-order valence-electron chi connectivity index (χ4n) is 2.32. The van der Waals surface area contributed by atoms with Crippen molar-refractivity contribution in [3.8, 4) is 0 Å². The van der Waals surface area contributed by atoms with Gasteiger partial charge in [0.05, 0.1) is 6.10 Å². The van der Waals surface area contributed by atoms with E-state index < -0.39 is 12.2 Å². The van der Waals surface area contributed by atoms with E-state index in [-0.39, 0.29) is 10.9 Å². The fourth-order valence-corrected chi connectivity index (χ4v) is 2.91. The number of benzene rings is 1. The normalized spacial score (nSPS) is 18.3. The zero-order valence-electron chi connectivity index (χ0n) is 12.2. The second-order valence-corrected chi connectivity index (χ2v) is 6.34. The van der Waals surface area contributed by atoms with Crippen molar-refractivity contribution in [3.05, 3.63) is 29.8 Å². The summed E-state index contributed by atoms with van der Waals surface area (Å²) in [6.07, 6.45) is -1.90. The molecule has 21 heavy (non-hydrogen) atoms. The number of carbonyl (C=O) groups is 1. The van der Waals surface area contributed by atoms with E-state index in [1.165, 1.54) is 6.92 Å². The molecule has 0 amide bonds. The lowest BCUT2D eigenvalue weighted by molar-refractivity contribution is -0.109. The summed E-state index contributed by atoms with van der Waals surface area (Å²) in [5.74, 6) is 0.204. The second kappa shape index (κ2) is 7.79. The van der Waals surface area contributed by atoms with Gasteiger partial charge in [-0.1, -0.05) is 23.9 Å². The monoisotopic (exact) mass is 310 g/mol. The molecule has 1 saturated heterocycles. The Hall–Kier alpha value is -1.08. The van der Waals surface area contributed by atoms with Crippen LogP contribution in [0.2, 0.25) is 0 Å². The van der Waals surface area contributed by atoms with E-state index in [1.54, 1.807) is 0 Å². The van der Waals surface area contributed by atoms with Gasteiger partial charge in [0.25, 0.3) is 0 Å². The molecule has 1 fully saturated rings. The summed E-state index contributed by atoms with van der Waals surface area (Å²) >= 11 is 1.02. The molecule has 116 valence electrons. The third-order valence-corrected chi connectivity index (χ3v) is 4.45. The van der Waals surface area contributed by atoms with E-state index in [0.29, 0.717) is 5.56 Å². The Kier molecular flexibility index (Phi) is 6.05. The molecule has 0 spiro atoms. The molecule has 3 N–H and O–H groups in total. The largest absolute Gasteiger partial charge is 0.389 e. The zero-order chi connectivity index (χ0) is 15.2. The first-order chi connectivity index (χ1) is 10.1. The minimum atomic E-state index is -0.964. The minimum absolute atomic E-state index is 0.0599. The van der Waals surface area contributed by atoms with Crippen LogP contribution in [0.1, 0.15) is 18.6 Å². The summed E-state index contributed by atoms with van der Waals surface area (Å²) < 4.78 is 0. The quantitative estimate of drug-likeness (QED) is 0.746. The van der Waals surface area contributed by atoms with Crippen LogP contribution in [-0.4, -0.2) is 53.4 Å². The van der Waals surface area contributed by atoms with Crippen molar-refractivity contribution in [2.45, 2.75) is 19.1 Å². The van der Waals surface area contributed by atoms with E-state index in [0.717, 1.165) is 43.6 Å². The second-order valence-electron chi connectivity index (χ2n) is 5.14. The van der Waals surface area contributed by atoms with E-state index in [4.69, 9.17) is 0 Å². The molecule has 0 bridgehead atoms. The predicted octanol–water partition coefficient (Wildman–Crippen LogP) is 0.770. The summed E-state index contributed by atoms with van der Waals surface area (Å²) in [5, 5.41) is 23.2. The average Bonchev–Trinajstić information content (AvgIpc) is 2.53. The molecule has 2 atom stereocenters. The lowest BCUT2D eigenvalue weighted by Gasteiger charge is -2.29. The van der Waals surface area contributed by atoms with Gasteiger partial charge in [-0.3, -0.25) is 4.79 Å². The van der Waals surface area contributed by atoms with Crippen molar-refractivity contribution in [1.82, 2.24) is 5.32 Å². The minimum Gasteiger partial charge on any atom is -0.389 e. The molecule has 2 unspecified atom stereocenters. The van der Waals surface area contributed by atoms with Crippen LogP contribution in [0.15, 0.2) is 24.3 Å². The number of piperazine rings is 1. The number of thioether (sulfide) groups is 1. The van der Waals surface area contributed by atoms with Gasteiger partial charge < -0.3 is 20.4 Å². The standard InChI is InChI=1S/C15H22N2O3S/c1-11(18)21-10-14(19)15(20)12-2-4-13(5-3-12)17-8-6-16-7-9-17/h2-5,14-16,19-20H,6-10H2,1H3. The number of rotatable bonds is 5. The Morgan fingerprint density at radius 2 is 1.90 bits per heavy atom. The Morgan fingerprint density at radius 1 is 1.29 bits per heavy atom. The molecule has 5 nitrogen and oxygen atoms in total. The van der Waals surface area contributed by atoms with Crippen molar-refractivity contribution in [2.24, 2.45) is 0 Å². The van der Waals surface area contributed by atoms with E-state index in [1.807, 2.05) is 24.3 Å². The number of hydrogen-bond acceptors (Lipinski definition) is 6. The molecule has 1 aromatic carbocycles. The average molecular weight is 310 g/mol. The van der Waals surface area contributed by atoms with Crippen LogP contribution in [0.3, 0.4) is 0 Å². The SMILES string of the molecule is CC(=O)SCC(O)C(O)c1ccc(N2CCNCC2)cc1. The van der Waals surface area contributed by atoms with Crippen molar-refractivity contribution in [1.29, 1.82) is 0 Å². The maximum absolute atomic E-state index is 10.9. The lowest BCUT2D eigenvalue weighted by Crippen LogP contribution is -2.43. The molecule has 2 rings (SSSR count). The van der Waals surface area contributed by atoms with Crippen LogP contribution in [0, 0.1) is 0 Å². The Balaban J connectivity index is 1.95. The Morgan fingerprint density at radius 3 is 2.48 bits per heavy atom. The van der Waals surface area contributed by atoms with Gasteiger partial charge in [0.15, 0.2) is 5.12 Å². The molecule has 0 saturated carbocycles. The highest BCUT2D eigenvalue weighted by Crippen LogP contribution is 2.23. The van der Waals surface area contributed by atoms with E-state index in [9.17, 15) is 15.0 Å². The van der Waals surface area contributed by atoms with Gasteiger partial charge in [0.2, 0.25) is 0 Å². The van der Waals surface area contributed by atoms with Gasteiger partial charge >= 0.3 is 0 Å². The molecular formula is C15H22N2O3S. The summed E-state index contributed by atoms with van der Waals surface area (Å²) in [6, 6.07) is 7.61. The van der Waals surface area contributed by atoms with Crippen molar-refractivity contribution in [2.75, 3.05) is 36.8 Å². The Labute approximate surface area is 129 Å². The number of hydrogen-bond donors (Lipinski definition) is 3. The summed E-state index contributed by atoms with van der Waals surface area (Å²) in [4.78, 5) is 13.2. The van der Waals surface area contributed by atoms with Gasteiger partial charge in [0.1, 0.15) is 6.10 Å². The molecular weight excluding hydrogens is 288 g/mol.